The third-order valence-corrected chi connectivity index (χ3v) is 2.91. The first-order valence-corrected chi connectivity index (χ1v) is 5.97. The topological polar surface area (TPSA) is 35.2 Å². The van der Waals surface area contributed by atoms with Gasteiger partial charge in [-0.2, -0.15) is 0 Å². The molecule has 0 fully saturated rings. The van der Waals surface area contributed by atoms with Crippen LogP contribution >= 0.6 is 15.9 Å². The number of benzene rings is 2. The highest BCUT2D eigenvalue weighted by Crippen LogP contribution is 2.29. The van der Waals surface area contributed by atoms with Crippen molar-refractivity contribution in [3.8, 4) is 5.75 Å². The Morgan fingerprint density at radius 2 is 1.78 bits per heavy atom. The van der Waals surface area contributed by atoms with Crippen LogP contribution in [0.2, 0.25) is 0 Å². The molecule has 0 bridgehead atoms. The van der Waals surface area contributed by atoms with Crippen LogP contribution < -0.4 is 10.5 Å². The maximum absolute atomic E-state index is 13.5. The molecule has 0 aliphatic rings. The van der Waals surface area contributed by atoms with Gasteiger partial charge >= 0.3 is 0 Å². The summed E-state index contributed by atoms with van der Waals surface area (Å²) in [4.78, 5) is 0. The van der Waals surface area contributed by atoms with Crippen molar-refractivity contribution in [1.29, 1.82) is 0 Å². The Hall–Kier alpha value is -1.62. The van der Waals surface area contributed by atoms with Crippen LogP contribution in [0.15, 0.2) is 40.9 Å². The number of hydrogen-bond acceptors (Lipinski definition) is 2. The van der Waals surface area contributed by atoms with Crippen molar-refractivity contribution < 1.29 is 13.5 Å². The molecular formula is C13H10BrF2NO. The lowest BCUT2D eigenvalue weighted by Gasteiger charge is -2.09. The van der Waals surface area contributed by atoms with Crippen LogP contribution in [-0.2, 0) is 6.61 Å². The van der Waals surface area contributed by atoms with E-state index in [0.29, 0.717) is 5.69 Å². The number of rotatable bonds is 3. The second kappa shape index (κ2) is 5.35. The summed E-state index contributed by atoms with van der Waals surface area (Å²) >= 11 is 3.06. The van der Waals surface area contributed by atoms with Gasteiger partial charge in [0.2, 0.25) is 0 Å². The first-order valence-electron chi connectivity index (χ1n) is 5.18. The number of hydrogen-bond donors (Lipinski definition) is 1. The molecule has 2 rings (SSSR count). The van der Waals surface area contributed by atoms with E-state index in [2.05, 4.69) is 15.9 Å². The van der Waals surface area contributed by atoms with Crippen molar-refractivity contribution in [2.75, 3.05) is 5.73 Å². The third kappa shape index (κ3) is 2.98. The predicted octanol–water partition coefficient (Wildman–Crippen LogP) is 3.89. The molecule has 0 unspecified atom stereocenters. The van der Waals surface area contributed by atoms with Crippen molar-refractivity contribution in [2.45, 2.75) is 6.61 Å². The monoisotopic (exact) mass is 313 g/mol. The third-order valence-electron chi connectivity index (χ3n) is 2.33. The Bertz CT molecular complexity index is 534. The predicted molar refractivity (Wildman–Crippen MR) is 69.2 cm³/mol. The van der Waals surface area contributed by atoms with E-state index in [1.807, 2.05) is 0 Å². The fourth-order valence-corrected chi connectivity index (χ4v) is 1.96. The molecule has 0 atom stereocenters. The summed E-state index contributed by atoms with van der Waals surface area (Å²) < 4.78 is 31.9. The van der Waals surface area contributed by atoms with E-state index in [4.69, 9.17) is 10.5 Å². The van der Waals surface area contributed by atoms with Crippen LogP contribution in [0.5, 0.6) is 5.75 Å². The molecule has 0 spiro atoms. The molecule has 2 aromatic rings. The minimum absolute atomic E-state index is 0.00627. The Morgan fingerprint density at radius 1 is 1.11 bits per heavy atom. The van der Waals surface area contributed by atoms with Crippen molar-refractivity contribution >= 4 is 21.6 Å². The minimum atomic E-state index is -0.739. The van der Waals surface area contributed by atoms with Crippen molar-refractivity contribution in [3.63, 3.8) is 0 Å². The summed E-state index contributed by atoms with van der Waals surface area (Å²) in [6.07, 6.45) is 0. The van der Waals surface area contributed by atoms with Crippen LogP contribution in [0.4, 0.5) is 14.5 Å². The maximum Gasteiger partial charge on any atom is 0.169 e. The van der Waals surface area contributed by atoms with E-state index in [1.165, 1.54) is 0 Å². The van der Waals surface area contributed by atoms with E-state index in [1.54, 1.807) is 24.3 Å². The summed E-state index contributed by atoms with van der Waals surface area (Å²) in [6, 6.07) is 8.96. The van der Waals surface area contributed by atoms with Crippen LogP contribution in [0.1, 0.15) is 5.56 Å². The van der Waals surface area contributed by atoms with Gasteiger partial charge in [-0.05, 0) is 39.7 Å². The molecule has 0 saturated carbocycles. The fraction of sp³-hybridized carbons (Fsp3) is 0.0769. The van der Waals surface area contributed by atoms with Gasteiger partial charge in [-0.25, -0.2) is 8.78 Å². The second-order valence-corrected chi connectivity index (χ2v) is 4.58. The van der Waals surface area contributed by atoms with Crippen molar-refractivity contribution in [2.24, 2.45) is 0 Å². The first-order chi connectivity index (χ1) is 8.56. The standard InChI is InChI=1S/C13H10BrF2NO/c14-11-5-9(15)6-12(16)13(11)18-7-8-1-3-10(17)4-2-8/h1-6H,7,17H2. The largest absolute Gasteiger partial charge is 0.485 e. The number of ether oxygens (including phenoxy) is 1. The summed E-state index contributed by atoms with van der Waals surface area (Å²) in [5, 5.41) is 0. The van der Waals surface area contributed by atoms with Crippen LogP contribution in [0.25, 0.3) is 0 Å². The molecule has 0 heterocycles. The molecule has 0 aliphatic carbocycles. The quantitative estimate of drug-likeness (QED) is 0.873. The summed E-state index contributed by atoms with van der Waals surface area (Å²) in [7, 11) is 0. The Labute approximate surface area is 112 Å². The molecule has 18 heavy (non-hydrogen) atoms. The number of nitrogens with two attached hydrogens (primary N) is 1. The zero-order valence-electron chi connectivity index (χ0n) is 9.29. The van der Waals surface area contributed by atoms with Gasteiger partial charge in [-0.1, -0.05) is 12.1 Å². The molecule has 2 N–H and O–H groups in total. The lowest BCUT2D eigenvalue weighted by Crippen LogP contribution is -1.99. The van der Waals surface area contributed by atoms with Gasteiger partial charge < -0.3 is 10.5 Å². The fourth-order valence-electron chi connectivity index (χ4n) is 1.44. The van der Waals surface area contributed by atoms with Crippen LogP contribution in [0.3, 0.4) is 0 Å². The average Bonchev–Trinajstić information content (AvgIpc) is 2.30. The van der Waals surface area contributed by atoms with Gasteiger partial charge in [0.1, 0.15) is 12.4 Å². The lowest BCUT2D eigenvalue weighted by molar-refractivity contribution is 0.287. The van der Waals surface area contributed by atoms with Crippen LogP contribution in [-0.4, -0.2) is 0 Å². The van der Waals surface area contributed by atoms with E-state index in [-0.39, 0.29) is 16.8 Å². The molecule has 0 aliphatic heterocycles. The summed E-state index contributed by atoms with van der Waals surface area (Å²) in [5.41, 5.74) is 7.04. The highest BCUT2D eigenvalue weighted by Gasteiger charge is 2.11. The minimum Gasteiger partial charge on any atom is -0.485 e. The summed E-state index contributed by atoms with van der Waals surface area (Å²) in [5.74, 6) is -1.40. The van der Waals surface area contributed by atoms with E-state index >= 15 is 0 Å². The Balaban J connectivity index is 2.13. The number of anilines is 1. The van der Waals surface area contributed by atoms with E-state index in [0.717, 1.165) is 17.7 Å². The van der Waals surface area contributed by atoms with E-state index < -0.39 is 11.6 Å². The molecule has 0 amide bonds. The van der Waals surface area contributed by atoms with Gasteiger partial charge in [0.25, 0.3) is 0 Å². The number of halogens is 3. The molecule has 0 aromatic heterocycles. The van der Waals surface area contributed by atoms with Gasteiger partial charge in [0.05, 0.1) is 4.47 Å². The summed E-state index contributed by atoms with van der Waals surface area (Å²) in [6.45, 7) is 0.182. The SMILES string of the molecule is Nc1ccc(COc2c(F)cc(F)cc2Br)cc1. The van der Waals surface area contributed by atoms with Gasteiger partial charge in [-0.3, -0.25) is 0 Å². The Kier molecular flexibility index (Phi) is 3.81. The number of nitrogen functional groups attached to an aromatic ring is 1. The molecule has 0 saturated heterocycles. The van der Waals surface area contributed by atoms with Crippen molar-refractivity contribution in [1.82, 2.24) is 0 Å². The molecule has 0 radical (unpaired) electrons. The highest BCUT2D eigenvalue weighted by molar-refractivity contribution is 9.10. The molecule has 2 nitrogen and oxygen atoms in total. The average molecular weight is 314 g/mol. The van der Waals surface area contributed by atoms with Gasteiger partial charge in [0.15, 0.2) is 11.6 Å². The van der Waals surface area contributed by atoms with E-state index in [9.17, 15) is 8.78 Å². The smallest absolute Gasteiger partial charge is 0.169 e. The van der Waals surface area contributed by atoms with Crippen molar-refractivity contribution in [3.05, 3.63) is 58.1 Å². The highest BCUT2D eigenvalue weighted by atomic mass is 79.9. The maximum atomic E-state index is 13.5. The zero-order chi connectivity index (χ0) is 13.1. The van der Waals surface area contributed by atoms with Gasteiger partial charge in [0, 0.05) is 11.8 Å². The second-order valence-electron chi connectivity index (χ2n) is 3.73. The molecule has 5 heteroatoms. The lowest BCUT2D eigenvalue weighted by atomic mass is 10.2. The molecule has 94 valence electrons. The van der Waals surface area contributed by atoms with Gasteiger partial charge in [-0.15, -0.1) is 0 Å². The zero-order valence-corrected chi connectivity index (χ0v) is 10.9. The normalized spacial score (nSPS) is 10.4. The van der Waals surface area contributed by atoms with Crippen LogP contribution in [0, 0.1) is 11.6 Å². The first kappa shape index (κ1) is 12.8. The molecule has 2 aromatic carbocycles. The molecular weight excluding hydrogens is 304 g/mol. The Morgan fingerprint density at radius 3 is 2.39 bits per heavy atom.